The number of phenols is 1. The molecule has 366 valence electrons. The normalized spacial score (nSPS) is 17.6. The molecule has 1 unspecified atom stereocenters. The van der Waals surface area contributed by atoms with E-state index < -0.39 is 52.4 Å². The molecule has 0 spiro atoms. The van der Waals surface area contributed by atoms with E-state index in [1.165, 1.54) is 35.4 Å². The van der Waals surface area contributed by atoms with Crippen LogP contribution in [-0.2, 0) is 40.2 Å². The first-order chi connectivity index (χ1) is 31.5. The highest BCUT2D eigenvalue weighted by atomic mass is 32.2. The number of nitrogens with zero attached hydrogens (tertiary/aromatic N) is 5. The van der Waals surface area contributed by atoms with Crippen LogP contribution in [0.25, 0.3) is 0 Å². The maximum atomic E-state index is 15.8. The van der Waals surface area contributed by atoms with Crippen molar-refractivity contribution in [3.05, 3.63) is 95.3 Å². The maximum absolute atomic E-state index is 15.8. The Bertz CT molecular complexity index is 3050. The lowest BCUT2D eigenvalue weighted by Crippen LogP contribution is -2.37. The van der Waals surface area contributed by atoms with E-state index in [4.69, 9.17) is 9.73 Å². The number of halogens is 1. The smallest absolute Gasteiger partial charge is 0.264 e. The lowest BCUT2D eigenvalue weighted by atomic mass is 9.71. The van der Waals surface area contributed by atoms with Crippen molar-refractivity contribution in [1.82, 2.24) is 10.5 Å². The minimum absolute atomic E-state index is 0.0123. The van der Waals surface area contributed by atoms with Gasteiger partial charge in [0, 0.05) is 29.8 Å². The molecule has 6 N–H and O–H groups in total. The second kappa shape index (κ2) is 18.2. The molecule has 0 aromatic heterocycles. The van der Waals surface area contributed by atoms with Gasteiger partial charge in [0.2, 0.25) is 16.2 Å². The summed E-state index contributed by atoms with van der Waals surface area (Å²) in [4.78, 5) is 5.88. The van der Waals surface area contributed by atoms with Crippen molar-refractivity contribution in [1.29, 1.82) is 0 Å². The van der Waals surface area contributed by atoms with Crippen LogP contribution in [0, 0.1) is 23.6 Å². The van der Waals surface area contributed by atoms with Gasteiger partial charge in [-0.25, -0.2) is 34.6 Å². The fourth-order valence-electron chi connectivity index (χ4n) is 8.68. The standard InChI is InChI=1S/C46H59FN10O8S3/c1-28-23-36(38(58)26-33(28)46(8,9)27-44(2,3)4)55-68(63,64)39-24-31(15-18-37(39)56-19-21-65-22-20-56)54-67(61,62)32-16-17-35(34(47)25-32)49-50-40-41(45(5,6)7)51-57-43(40)48-42(52-57)29-11-13-30(14-12-29)53-66(10,59)60/h11-18,23-26,43,49,53-55,58H,19-22,27H2,1-10H3,(H,48,52). The second-order valence-electron chi connectivity index (χ2n) is 20.0. The van der Waals surface area contributed by atoms with Gasteiger partial charge in [0.25, 0.3) is 20.0 Å². The van der Waals surface area contributed by atoms with Crippen molar-refractivity contribution in [3.63, 3.8) is 0 Å². The Balaban J connectivity index is 1.13. The molecule has 3 aliphatic heterocycles. The summed E-state index contributed by atoms with van der Waals surface area (Å²) in [5.41, 5.74) is 8.58. The Labute approximate surface area is 398 Å². The number of nitrogens with one attached hydrogen (secondary N) is 5. The van der Waals surface area contributed by atoms with E-state index in [0.29, 0.717) is 60.5 Å². The van der Waals surface area contributed by atoms with E-state index in [1.54, 1.807) is 36.4 Å². The van der Waals surface area contributed by atoms with Crippen molar-refractivity contribution in [2.45, 2.75) is 90.1 Å². The summed E-state index contributed by atoms with van der Waals surface area (Å²) in [7, 11) is -12.4. The number of morpholine rings is 1. The summed E-state index contributed by atoms with van der Waals surface area (Å²) < 4.78 is 108. The number of amidine groups is 1. The number of anilines is 5. The van der Waals surface area contributed by atoms with Gasteiger partial charge in [-0.15, -0.1) is 0 Å². The molecule has 18 nitrogen and oxygen atoms in total. The molecule has 0 amide bonds. The Morgan fingerprint density at radius 3 is 2.10 bits per heavy atom. The molecular formula is C46H59FN10O8S3. The third kappa shape index (κ3) is 11.3. The molecule has 7 rings (SSSR count). The molecule has 1 saturated heterocycles. The first-order valence-corrected chi connectivity index (χ1v) is 26.7. The van der Waals surface area contributed by atoms with Crippen molar-refractivity contribution in [2.75, 3.05) is 57.1 Å². The van der Waals surface area contributed by atoms with Crippen molar-refractivity contribution in [3.8, 4) is 5.75 Å². The number of sulfonamides is 3. The van der Waals surface area contributed by atoms with Crippen LogP contribution in [0.5, 0.6) is 5.75 Å². The zero-order chi connectivity index (χ0) is 49.8. The number of benzene rings is 4. The van der Waals surface area contributed by atoms with E-state index in [1.807, 2.05) is 32.6 Å². The molecule has 0 saturated carbocycles. The molecular weight excluding hydrogens is 936 g/mol. The number of aryl methyl sites for hydroxylation is 1. The topological polar surface area (TPSA) is 236 Å². The Morgan fingerprint density at radius 2 is 1.49 bits per heavy atom. The van der Waals surface area contributed by atoms with Crippen LogP contribution in [0.4, 0.5) is 32.8 Å². The van der Waals surface area contributed by atoms with Crippen LogP contribution in [0.3, 0.4) is 0 Å². The van der Waals surface area contributed by atoms with E-state index in [0.717, 1.165) is 29.9 Å². The number of hydrazine groups is 1. The first-order valence-electron chi connectivity index (χ1n) is 21.8. The average molecular weight is 995 g/mol. The van der Waals surface area contributed by atoms with Gasteiger partial charge < -0.3 is 14.7 Å². The molecule has 4 aromatic rings. The minimum atomic E-state index is -4.50. The van der Waals surface area contributed by atoms with Gasteiger partial charge in [-0.3, -0.25) is 25.0 Å². The number of hydrogen-bond acceptors (Lipinski definition) is 15. The van der Waals surface area contributed by atoms with Crippen molar-refractivity contribution < 1.29 is 39.5 Å². The molecule has 3 aliphatic rings. The maximum Gasteiger partial charge on any atom is 0.264 e. The van der Waals surface area contributed by atoms with Gasteiger partial charge in [-0.1, -0.05) is 55.4 Å². The zero-order valence-corrected chi connectivity index (χ0v) is 42.1. The number of aromatic hydroxyl groups is 1. The van der Waals surface area contributed by atoms with Crippen LogP contribution >= 0.6 is 0 Å². The lowest BCUT2D eigenvalue weighted by Gasteiger charge is -2.34. The monoisotopic (exact) mass is 994 g/mol. The van der Waals surface area contributed by atoms with E-state index in [2.05, 4.69) is 69.8 Å². The predicted octanol–water partition coefficient (Wildman–Crippen LogP) is 7.14. The van der Waals surface area contributed by atoms with Gasteiger partial charge in [-0.2, -0.15) is 15.3 Å². The molecule has 68 heavy (non-hydrogen) atoms. The van der Waals surface area contributed by atoms with Crippen LogP contribution in [0.2, 0.25) is 0 Å². The summed E-state index contributed by atoms with van der Waals surface area (Å²) in [6.07, 6.45) is 1.11. The quantitative estimate of drug-likeness (QED) is 0.0547. The highest BCUT2D eigenvalue weighted by Crippen LogP contribution is 2.42. The number of aliphatic imine (C=N–C) groups is 1. The predicted molar refractivity (Wildman–Crippen MR) is 266 cm³/mol. The van der Waals surface area contributed by atoms with Crippen LogP contribution in [0.15, 0.2) is 97.8 Å². The van der Waals surface area contributed by atoms with Crippen molar-refractivity contribution in [2.24, 2.45) is 26.0 Å². The van der Waals surface area contributed by atoms with Crippen LogP contribution < -0.4 is 29.9 Å². The molecule has 0 aliphatic carbocycles. The number of rotatable bonds is 14. The van der Waals surface area contributed by atoms with Crippen molar-refractivity contribution >= 4 is 75.8 Å². The van der Waals surface area contributed by atoms with Gasteiger partial charge in [0.05, 0.1) is 52.8 Å². The number of fused-ring (bicyclic) bond motifs is 1. The van der Waals surface area contributed by atoms with E-state index >= 15 is 4.39 Å². The third-order valence-corrected chi connectivity index (χ3v) is 14.6. The summed E-state index contributed by atoms with van der Waals surface area (Å²) >= 11 is 0. The second-order valence-corrected chi connectivity index (χ2v) is 25.1. The third-order valence-electron chi connectivity index (χ3n) is 11.3. The van der Waals surface area contributed by atoms with E-state index in [-0.39, 0.29) is 38.5 Å². The summed E-state index contributed by atoms with van der Waals surface area (Å²) in [6, 6.07) is 17.1. The number of hydrogen-bond donors (Lipinski definition) is 6. The first kappa shape index (κ1) is 49.9. The Kier molecular flexibility index (Phi) is 13.3. The summed E-state index contributed by atoms with van der Waals surface area (Å²) in [5, 5.41) is 21.9. The number of hydrazone groups is 2. The van der Waals surface area contributed by atoms with Crippen LogP contribution in [0.1, 0.15) is 78.5 Å². The molecule has 0 radical (unpaired) electrons. The molecule has 22 heteroatoms. The lowest BCUT2D eigenvalue weighted by molar-refractivity contribution is 0.122. The molecule has 0 bridgehead atoms. The molecule has 1 fully saturated rings. The molecule has 3 heterocycles. The zero-order valence-electron chi connectivity index (χ0n) is 39.7. The fraction of sp³-hybridized carbons (Fsp3) is 0.413. The highest BCUT2D eigenvalue weighted by molar-refractivity contribution is 7.93. The Hall–Kier alpha value is -5.97. The highest BCUT2D eigenvalue weighted by Gasteiger charge is 2.43. The summed E-state index contributed by atoms with van der Waals surface area (Å²) in [6.45, 7) is 19.6. The fourth-order valence-corrected chi connectivity index (χ4v) is 11.6. The average Bonchev–Trinajstić information content (AvgIpc) is 3.80. The minimum Gasteiger partial charge on any atom is -0.506 e. The SMILES string of the molecule is Cc1cc(NS(=O)(=O)c2cc(NS(=O)(=O)c3ccc(NN=C4C(C(C)(C)C)=NN5NC(c6ccc(NS(C)(=O)=O)cc6)=NC45)c(F)c3)ccc2N2CCOCC2)c(O)cc1C(C)(C)CC(C)(C)C. The largest absolute Gasteiger partial charge is 0.506 e. The van der Waals surface area contributed by atoms with E-state index in [9.17, 15) is 30.4 Å². The van der Waals surface area contributed by atoms with Gasteiger partial charge in [-0.05, 0) is 108 Å². The van der Waals surface area contributed by atoms with Gasteiger partial charge >= 0.3 is 0 Å². The van der Waals surface area contributed by atoms with Crippen LogP contribution in [-0.4, -0.2) is 91.5 Å². The molecule has 4 aromatic carbocycles. The Morgan fingerprint density at radius 1 is 0.824 bits per heavy atom. The number of phenolic OH excluding ortho intramolecular Hbond substituents is 1. The van der Waals surface area contributed by atoms with Gasteiger partial charge in [0.15, 0.2) is 5.84 Å². The molecule has 1 atom stereocenters. The number of ether oxygens (including phenoxy) is 1. The van der Waals surface area contributed by atoms with Gasteiger partial charge in [0.1, 0.15) is 22.2 Å². The summed E-state index contributed by atoms with van der Waals surface area (Å²) in [5.74, 6) is -0.772.